The van der Waals surface area contributed by atoms with Crippen molar-refractivity contribution in [2.75, 3.05) is 41.4 Å². The van der Waals surface area contributed by atoms with Gasteiger partial charge in [-0.1, -0.05) is 6.07 Å². The lowest BCUT2D eigenvalue weighted by atomic mass is 9.85. The van der Waals surface area contributed by atoms with Gasteiger partial charge in [0, 0.05) is 41.9 Å². The summed E-state index contributed by atoms with van der Waals surface area (Å²) >= 11 is 3.67. The molecule has 0 saturated carbocycles. The number of phenols is 1. The van der Waals surface area contributed by atoms with E-state index in [0.29, 0.717) is 16.0 Å². The van der Waals surface area contributed by atoms with Gasteiger partial charge < -0.3 is 24.1 Å². The minimum absolute atomic E-state index is 0.0425. The minimum atomic E-state index is 0.0425. The average Bonchev–Trinajstić information content (AvgIpc) is 3.02. The maximum atomic E-state index is 11.4. The number of rotatable bonds is 2. The molecule has 4 heterocycles. The molecule has 4 aromatic rings. The Labute approximate surface area is 266 Å². The molecular weight excluding hydrogens is 620 g/mol. The van der Waals surface area contributed by atoms with E-state index in [0.717, 1.165) is 89.6 Å². The molecule has 0 saturated heterocycles. The van der Waals surface area contributed by atoms with Crippen molar-refractivity contribution in [1.29, 1.82) is 0 Å². The molecule has 0 spiro atoms. The highest BCUT2D eigenvalue weighted by Crippen LogP contribution is 2.57. The summed E-state index contributed by atoms with van der Waals surface area (Å²) in [6.45, 7) is 1.85. The quantitative estimate of drug-likeness (QED) is 0.210. The third-order valence-corrected chi connectivity index (χ3v) is 10.5. The number of benzene rings is 4. The van der Waals surface area contributed by atoms with Gasteiger partial charge in [-0.05, 0) is 126 Å². The monoisotopic (exact) mass is 654 g/mol. The Morgan fingerprint density at radius 2 is 1.43 bits per heavy atom. The highest BCUT2D eigenvalue weighted by atomic mass is 79.9. The number of phenolic OH excluding ortho intramolecular Hbond substituents is 1. The normalized spacial score (nSPS) is 20.1. The second-order valence-electron chi connectivity index (χ2n) is 12.4. The van der Waals surface area contributed by atoms with Crippen LogP contribution >= 0.6 is 15.9 Å². The van der Waals surface area contributed by atoms with E-state index in [1.165, 1.54) is 16.7 Å². The van der Waals surface area contributed by atoms with Crippen molar-refractivity contribution >= 4 is 15.9 Å². The van der Waals surface area contributed by atoms with Gasteiger partial charge >= 0.3 is 0 Å². The first-order valence-corrected chi connectivity index (χ1v) is 16.0. The summed E-state index contributed by atoms with van der Waals surface area (Å²) in [5.74, 6) is 4.50. The van der Waals surface area contributed by atoms with Crippen molar-refractivity contribution in [3.63, 3.8) is 0 Å². The highest BCUT2D eigenvalue weighted by molar-refractivity contribution is 9.10. The van der Waals surface area contributed by atoms with Gasteiger partial charge in [-0.2, -0.15) is 0 Å². The Morgan fingerprint density at radius 1 is 0.750 bits per heavy atom. The summed E-state index contributed by atoms with van der Waals surface area (Å²) in [6, 6.07) is 17.1. The van der Waals surface area contributed by atoms with Crippen LogP contribution in [0.2, 0.25) is 0 Å². The van der Waals surface area contributed by atoms with E-state index in [9.17, 15) is 5.11 Å². The number of fused-ring (bicyclic) bond motifs is 5. The average molecular weight is 656 g/mol. The fourth-order valence-electron chi connectivity index (χ4n) is 7.53. The van der Waals surface area contributed by atoms with Crippen molar-refractivity contribution in [3.8, 4) is 51.4 Å². The molecule has 0 amide bonds. The molecule has 4 aliphatic rings. The molecule has 4 aliphatic heterocycles. The van der Waals surface area contributed by atoms with E-state index in [1.807, 2.05) is 12.1 Å². The van der Waals surface area contributed by atoms with Gasteiger partial charge in [0.2, 0.25) is 5.75 Å². The molecular formula is C36H35BrN2O5. The van der Waals surface area contributed by atoms with Crippen LogP contribution in [0.3, 0.4) is 0 Å². The third-order valence-electron chi connectivity index (χ3n) is 9.93. The van der Waals surface area contributed by atoms with Gasteiger partial charge in [0.05, 0.1) is 18.7 Å². The van der Waals surface area contributed by atoms with Gasteiger partial charge in [0.25, 0.3) is 0 Å². The zero-order chi connectivity index (χ0) is 30.3. The van der Waals surface area contributed by atoms with Crippen LogP contribution in [0.4, 0.5) is 0 Å². The summed E-state index contributed by atoms with van der Waals surface area (Å²) in [5.41, 5.74) is 8.76. The van der Waals surface area contributed by atoms with Crippen LogP contribution in [-0.2, 0) is 25.7 Å². The standard InChI is InChI=1S/C36H35BrN2O5/c1-38-9-7-21-16-30-31-18-23(21)27(38)15-20-12-25(34(40)26(37)13-20)24-11-19(5-6-29(24)41-3)14-28-33-22(8-10-39(28)2)17-32(42-4)35(43-30)36(33)44-31/h5-6,11-13,16-18,27-28,40H,7-10,14-15H2,1-4H3/t27-,28-/m0/s1. The molecule has 1 N–H and O–H groups in total. The molecule has 226 valence electrons. The summed E-state index contributed by atoms with van der Waals surface area (Å²) in [4.78, 5) is 4.81. The number of methoxy groups -OCH3 is 2. The van der Waals surface area contributed by atoms with Crippen LogP contribution in [0.25, 0.3) is 11.1 Å². The Kier molecular flexibility index (Phi) is 6.59. The number of aromatic hydroxyl groups is 1. The third kappa shape index (κ3) is 4.30. The van der Waals surface area contributed by atoms with Crippen LogP contribution < -0.4 is 18.9 Å². The van der Waals surface area contributed by atoms with Crippen molar-refractivity contribution in [2.24, 2.45) is 0 Å². The Bertz CT molecular complexity index is 1840. The van der Waals surface area contributed by atoms with Crippen LogP contribution in [0, 0.1) is 0 Å². The fraction of sp³-hybridized carbons (Fsp3) is 0.333. The number of nitrogens with zero attached hydrogens (tertiary/aromatic N) is 2. The zero-order valence-corrected chi connectivity index (χ0v) is 27.0. The summed E-state index contributed by atoms with van der Waals surface area (Å²) in [7, 11) is 7.74. The zero-order valence-electron chi connectivity index (χ0n) is 25.4. The van der Waals surface area contributed by atoms with Crippen molar-refractivity contribution < 1.29 is 24.1 Å². The second kappa shape index (κ2) is 10.4. The molecule has 0 radical (unpaired) electrons. The summed E-state index contributed by atoms with van der Waals surface area (Å²) in [6.07, 6.45) is 3.33. The Balaban J connectivity index is 1.41. The molecule has 0 aromatic heterocycles. The first-order chi connectivity index (χ1) is 21.3. The van der Waals surface area contributed by atoms with Gasteiger partial charge in [-0.15, -0.1) is 0 Å². The summed E-state index contributed by atoms with van der Waals surface area (Å²) < 4.78 is 26.0. The maximum Gasteiger partial charge on any atom is 0.212 e. The van der Waals surface area contributed by atoms with Crippen LogP contribution in [-0.4, -0.2) is 56.3 Å². The minimum Gasteiger partial charge on any atom is -0.506 e. The van der Waals surface area contributed by atoms with E-state index < -0.39 is 0 Å². The lowest BCUT2D eigenvalue weighted by molar-refractivity contribution is 0.218. The lowest BCUT2D eigenvalue weighted by Gasteiger charge is -2.39. The fourth-order valence-corrected chi connectivity index (χ4v) is 8.04. The van der Waals surface area contributed by atoms with Crippen molar-refractivity contribution in [3.05, 3.63) is 86.4 Å². The molecule has 8 heteroatoms. The second-order valence-corrected chi connectivity index (χ2v) is 13.3. The van der Waals surface area contributed by atoms with E-state index >= 15 is 0 Å². The Hall–Kier alpha value is -3.72. The largest absolute Gasteiger partial charge is 0.506 e. The van der Waals surface area contributed by atoms with Gasteiger partial charge in [0.1, 0.15) is 11.5 Å². The van der Waals surface area contributed by atoms with Gasteiger partial charge in [-0.3, -0.25) is 9.80 Å². The molecule has 2 atom stereocenters. The van der Waals surface area contributed by atoms with Crippen LogP contribution in [0.1, 0.15) is 45.5 Å². The van der Waals surface area contributed by atoms with E-state index in [4.69, 9.17) is 18.9 Å². The van der Waals surface area contributed by atoms with Gasteiger partial charge in [0.15, 0.2) is 23.0 Å². The summed E-state index contributed by atoms with van der Waals surface area (Å²) in [5, 5.41) is 11.4. The molecule has 0 aliphatic carbocycles. The number of hydrogen-bond acceptors (Lipinski definition) is 7. The number of hydrogen-bond donors (Lipinski definition) is 1. The first-order valence-electron chi connectivity index (χ1n) is 15.2. The van der Waals surface area contributed by atoms with Crippen molar-refractivity contribution in [2.45, 2.75) is 37.8 Å². The lowest BCUT2D eigenvalue weighted by Crippen LogP contribution is -2.34. The van der Waals surface area contributed by atoms with Gasteiger partial charge in [-0.25, -0.2) is 0 Å². The molecule has 44 heavy (non-hydrogen) atoms. The smallest absolute Gasteiger partial charge is 0.212 e. The SMILES string of the molecule is COc1ccc2cc1-c1cc(cc(Br)c1O)C[C@H]1c3cc4c(cc3CCN1C)Oc1c(OC)cc3c(c1O4)[C@H](C2)N(C)CC3. The molecule has 8 rings (SSSR count). The molecule has 0 fully saturated rings. The van der Waals surface area contributed by atoms with Crippen LogP contribution in [0.15, 0.2) is 53.0 Å². The number of halogens is 1. The van der Waals surface area contributed by atoms with E-state index in [1.54, 1.807) is 14.2 Å². The van der Waals surface area contributed by atoms with E-state index in [-0.39, 0.29) is 17.8 Å². The topological polar surface area (TPSA) is 63.6 Å². The Morgan fingerprint density at radius 3 is 2.23 bits per heavy atom. The number of likely N-dealkylation sites (N-methyl/N-ethyl adjacent to an activating group) is 2. The molecule has 0 unspecified atom stereocenters. The predicted octanol–water partition coefficient (Wildman–Crippen LogP) is 7.59. The predicted molar refractivity (Wildman–Crippen MR) is 173 cm³/mol. The van der Waals surface area contributed by atoms with Crippen LogP contribution in [0.5, 0.6) is 40.2 Å². The van der Waals surface area contributed by atoms with Crippen molar-refractivity contribution in [1.82, 2.24) is 9.80 Å². The molecule has 4 aromatic carbocycles. The number of ether oxygens (including phenoxy) is 4. The molecule has 7 bridgehead atoms. The van der Waals surface area contributed by atoms with E-state index in [2.05, 4.69) is 76.2 Å². The highest BCUT2D eigenvalue weighted by Gasteiger charge is 2.37. The first kappa shape index (κ1) is 27.8. The molecule has 7 nitrogen and oxygen atoms in total. The maximum absolute atomic E-state index is 11.4.